The first-order chi connectivity index (χ1) is 16.2. The first-order valence-corrected chi connectivity index (χ1v) is 11.7. The highest BCUT2D eigenvalue weighted by atomic mass is 16.2. The first-order valence-electron chi connectivity index (χ1n) is 11.7. The van der Waals surface area contributed by atoms with E-state index < -0.39 is 0 Å². The van der Waals surface area contributed by atoms with E-state index >= 15 is 0 Å². The molecule has 5 nitrogen and oxygen atoms in total. The number of hydrogen-bond acceptors (Lipinski definition) is 4. The number of nitrogens with zero attached hydrogens (tertiary/aromatic N) is 4. The zero-order valence-corrected chi connectivity index (χ0v) is 19.1. The van der Waals surface area contributed by atoms with Gasteiger partial charge in [0, 0.05) is 39.1 Å². The lowest BCUT2D eigenvalue weighted by Crippen LogP contribution is -2.53. The van der Waals surface area contributed by atoms with Gasteiger partial charge in [-0.1, -0.05) is 78.4 Å². The largest absolute Gasteiger partial charge is 0.340 e. The summed E-state index contributed by atoms with van der Waals surface area (Å²) in [6.07, 6.45) is 0.625. The van der Waals surface area contributed by atoms with E-state index in [1.54, 1.807) is 0 Å². The fourth-order valence-electron chi connectivity index (χ4n) is 4.58. The van der Waals surface area contributed by atoms with Crippen molar-refractivity contribution in [2.45, 2.75) is 25.9 Å². The monoisotopic (exact) mass is 438 g/mol. The minimum Gasteiger partial charge on any atom is -0.340 e. The van der Waals surface area contributed by atoms with Gasteiger partial charge in [-0.2, -0.15) is 0 Å². The average Bonchev–Trinajstić information content (AvgIpc) is 3.17. The van der Waals surface area contributed by atoms with E-state index in [4.69, 9.17) is 4.99 Å². The van der Waals surface area contributed by atoms with Gasteiger partial charge in [0.25, 0.3) is 5.91 Å². The Bertz CT molecular complexity index is 1100. The molecule has 1 unspecified atom stereocenters. The number of carbonyl (C=O) groups is 1. The number of benzene rings is 3. The summed E-state index contributed by atoms with van der Waals surface area (Å²) < 4.78 is 0. The number of hydrogen-bond donors (Lipinski definition) is 0. The van der Waals surface area contributed by atoms with Gasteiger partial charge in [0.15, 0.2) is 0 Å². The van der Waals surface area contributed by atoms with Crippen molar-refractivity contribution in [3.63, 3.8) is 0 Å². The molecule has 2 heterocycles. The highest BCUT2D eigenvalue weighted by Gasteiger charge is 2.39. The Morgan fingerprint density at radius 2 is 1.39 bits per heavy atom. The maximum Gasteiger partial charge on any atom is 0.259 e. The Morgan fingerprint density at radius 1 is 0.788 bits per heavy atom. The summed E-state index contributed by atoms with van der Waals surface area (Å²) in [5.41, 5.74) is 4.55. The number of amides is 1. The van der Waals surface area contributed by atoms with E-state index in [1.165, 1.54) is 11.1 Å². The van der Waals surface area contributed by atoms with Gasteiger partial charge in [0.05, 0.1) is 5.69 Å². The van der Waals surface area contributed by atoms with Crippen molar-refractivity contribution in [2.24, 2.45) is 4.99 Å². The summed E-state index contributed by atoms with van der Waals surface area (Å²) in [5.74, 6) is 0.855. The van der Waals surface area contributed by atoms with Crippen molar-refractivity contribution in [1.82, 2.24) is 9.80 Å². The van der Waals surface area contributed by atoms with E-state index in [2.05, 4.69) is 71.3 Å². The van der Waals surface area contributed by atoms with Crippen LogP contribution in [0.15, 0.2) is 89.9 Å². The van der Waals surface area contributed by atoms with Crippen LogP contribution in [-0.2, 0) is 17.8 Å². The van der Waals surface area contributed by atoms with Crippen LogP contribution in [-0.4, -0.2) is 53.9 Å². The molecule has 2 aliphatic heterocycles. The van der Waals surface area contributed by atoms with Crippen molar-refractivity contribution < 1.29 is 4.79 Å². The third-order valence-electron chi connectivity index (χ3n) is 6.44. The zero-order valence-electron chi connectivity index (χ0n) is 19.1. The lowest BCUT2D eigenvalue weighted by atomic mass is 10.1. The second-order valence-electron chi connectivity index (χ2n) is 8.89. The van der Waals surface area contributed by atoms with Crippen molar-refractivity contribution in [2.75, 3.05) is 31.1 Å². The van der Waals surface area contributed by atoms with E-state index in [0.29, 0.717) is 6.42 Å². The summed E-state index contributed by atoms with van der Waals surface area (Å²) in [5, 5.41) is 0. The Morgan fingerprint density at radius 3 is 2.03 bits per heavy atom. The van der Waals surface area contributed by atoms with Crippen molar-refractivity contribution in [3.8, 4) is 0 Å². The number of aryl methyl sites for hydroxylation is 1. The Balaban J connectivity index is 1.34. The Labute approximate surface area is 196 Å². The zero-order chi connectivity index (χ0) is 22.6. The number of rotatable bonds is 5. The van der Waals surface area contributed by atoms with E-state index in [-0.39, 0.29) is 11.9 Å². The number of guanidine groups is 1. The minimum atomic E-state index is -0.383. The van der Waals surface area contributed by atoms with Crippen molar-refractivity contribution in [3.05, 3.63) is 102 Å². The normalized spacial score (nSPS) is 19.1. The molecule has 0 spiro atoms. The molecule has 33 heavy (non-hydrogen) atoms. The van der Waals surface area contributed by atoms with Crippen LogP contribution in [0.4, 0.5) is 5.69 Å². The topological polar surface area (TPSA) is 39.2 Å². The third kappa shape index (κ3) is 4.83. The maximum absolute atomic E-state index is 13.5. The molecule has 0 aliphatic carbocycles. The summed E-state index contributed by atoms with van der Waals surface area (Å²) >= 11 is 0. The number of anilines is 1. The van der Waals surface area contributed by atoms with Crippen LogP contribution >= 0.6 is 0 Å². The molecule has 5 heteroatoms. The molecule has 2 aliphatic rings. The smallest absolute Gasteiger partial charge is 0.259 e. The van der Waals surface area contributed by atoms with Gasteiger partial charge < -0.3 is 4.90 Å². The van der Waals surface area contributed by atoms with Gasteiger partial charge in [-0.25, -0.2) is 9.89 Å². The highest BCUT2D eigenvalue weighted by Crippen LogP contribution is 2.26. The Kier molecular flexibility index (Phi) is 6.22. The van der Waals surface area contributed by atoms with Gasteiger partial charge in [-0.05, 0) is 30.2 Å². The predicted molar refractivity (Wildman–Crippen MR) is 133 cm³/mol. The summed E-state index contributed by atoms with van der Waals surface area (Å²) in [7, 11) is 0. The van der Waals surface area contributed by atoms with Gasteiger partial charge in [0.1, 0.15) is 6.04 Å². The van der Waals surface area contributed by atoms with Crippen LogP contribution in [0.25, 0.3) is 0 Å². The molecule has 0 bridgehead atoms. The molecule has 0 saturated carbocycles. The van der Waals surface area contributed by atoms with Crippen LogP contribution in [0.1, 0.15) is 16.7 Å². The summed E-state index contributed by atoms with van der Waals surface area (Å²) in [6, 6.07) is 28.6. The number of carbonyl (C=O) groups excluding carboxylic acids is 1. The molecule has 1 saturated heterocycles. The fraction of sp³-hybridized carbons (Fsp3) is 0.286. The maximum atomic E-state index is 13.5. The van der Waals surface area contributed by atoms with Gasteiger partial charge >= 0.3 is 0 Å². The molecular weight excluding hydrogens is 408 g/mol. The number of aliphatic imine (C=N–C) groups is 1. The molecule has 0 radical (unpaired) electrons. The molecule has 3 aromatic rings. The molecule has 168 valence electrons. The lowest BCUT2D eigenvalue weighted by molar-refractivity contribution is -0.118. The molecular formula is C28H30N4O. The van der Waals surface area contributed by atoms with Crippen LogP contribution in [0, 0.1) is 6.92 Å². The molecule has 3 aromatic carbocycles. The average molecular weight is 439 g/mol. The SMILES string of the molecule is Cc1ccc(N2C(=O)C(Cc3ccccc3)N=C2N2CCN(Cc3ccccc3)CC2)cc1. The van der Waals surface area contributed by atoms with Gasteiger partial charge in [0.2, 0.25) is 5.96 Å². The lowest BCUT2D eigenvalue weighted by Gasteiger charge is -2.37. The number of piperazine rings is 1. The molecule has 1 fully saturated rings. The molecule has 0 N–H and O–H groups in total. The standard InChI is InChI=1S/C28H30N4O/c1-22-12-14-25(15-13-22)32-27(33)26(20-23-8-4-2-5-9-23)29-28(32)31-18-16-30(17-19-31)21-24-10-6-3-7-11-24/h2-15,26H,16-21H2,1H3. The third-order valence-corrected chi connectivity index (χ3v) is 6.44. The summed E-state index contributed by atoms with van der Waals surface area (Å²) in [6.45, 7) is 6.65. The Hall–Kier alpha value is -3.44. The van der Waals surface area contributed by atoms with Gasteiger partial charge in [-0.15, -0.1) is 0 Å². The van der Waals surface area contributed by atoms with Crippen LogP contribution in [0.2, 0.25) is 0 Å². The van der Waals surface area contributed by atoms with E-state index in [1.807, 2.05) is 35.2 Å². The summed E-state index contributed by atoms with van der Waals surface area (Å²) in [4.78, 5) is 25.1. The molecule has 0 aromatic heterocycles. The van der Waals surface area contributed by atoms with Crippen molar-refractivity contribution >= 4 is 17.6 Å². The second kappa shape index (κ2) is 9.59. The molecule has 1 amide bonds. The molecule has 5 rings (SSSR count). The van der Waals surface area contributed by atoms with Gasteiger partial charge in [-0.3, -0.25) is 9.69 Å². The quantitative estimate of drug-likeness (QED) is 0.601. The molecule has 1 atom stereocenters. The highest BCUT2D eigenvalue weighted by molar-refractivity contribution is 6.22. The van der Waals surface area contributed by atoms with Crippen molar-refractivity contribution in [1.29, 1.82) is 0 Å². The fourth-order valence-corrected chi connectivity index (χ4v) is 4.58. The minimum absolute atomic E-state index is 0.0596. The van der Waals surface area contributed by atoms with Crippen LogP contribution in [0.3, 0.4) is 0 Å². The van der Waals surface area contributed by atoms with Crippen LogP contribution in [0.5, 0.6) is 0 Å². The van der Waals surface area contributed by atoms with Crippen LogP contribution < -0.4 is 4.90 Å². The second-order valence-corrected chi connectivity index (χ2v) is 8.89. The first kappa shape index (κ1) is 21.4. The predicted octanol–water partition coefficient (Wildman–Crippen LogP) is 4.13. The van der Waals surface area contributed by atoms with E-state index in [9.17, 15) is 4.79 Å². The van der Waals surface area contributed by atoms with E-state index in [0.717, 1.165) is 49.9 Å².